The Labute approximate surface area is 306 Å². The van der Waals surface area contributed by atoms with Gasteiger partial charge in [-0.25, -0.2) is 0 Å². The molecule has 0 unspecified atom stereocenters. The van der Waals surface area contributed by atoms with E-state index in [1.54, 1.807) is 42.5 Å². The molecular formula is C47H44O2. The largest absolute Gasteiger partial charge is 0.456 e. The SMILES string of the molecule is [2H]C([2H])([2H])c1ccc(-c2c(C([2H])([2H])[2H])ccc3c2Oc2ccccc2C3(C)C)cc1-c1cc(-c2c(C([2H])([2H])C)ccc3c2Oc2ccccc2C3(C)C)ccc1C([2H])([2H])[2H]. The van der Waals surface area contributed by atoms with Crippen molar-refractivity contribution in [1.82, 2.24) is 0 Å². The Kier molecular flexibility index (Phi) is 4.84. The van der Waals surface area contributed by atoms with Crippen molar-refractivity contribution in [3.8, 4) is 56.4 Å². The molecule has 0 atom stereocenters. The zero-order valence-electron chi connectivity index (χ0n) is 39.2. The lowest BCUT2D eigenvalue weighted by molar-refractivity contribution is 0.419. The summed E-state index contributed by atoms with van der Waals surface area (Å²) in [4.78, 5) is 0. The van der Waals surface area contributed by atoms with Gasteiger partial charge in [0.25, 0.3) is 0 Å². The van der Waals surface area contributed by atoms with Gasteiger partial charge in [0.1, 0.15) is 23.0 Å². The number of aryl methyl sites for hydroxylation is 4. The van der Waals surface area contributed by atoms with Crippen molar-refractivity contribution < 1.29 is 24.6 Å². The Morgan fingerprint density at radius 2 is 1.00 bits per heavy atom. The Morgan fingerprint density at radius 3 is 1.53 bits per heavy atom. The number of fused-ring (bicyclic) bond motifs is 4. The van der Waals surface area contributed by atoms with E-state index in [-0.39, 0.29) is 33.4 Å². The minimum absolute atomic E-state index is 0.0143. The van der Waals surface area contributed by atoms with E-state index < -0.39 is 37.8 Å². The van der Waals surface area contributed by atoms with Crippen LogP contribution in [0.2, 0.25) is 0 Å². The number of rotatable bonds is 4. The van der Waals surface area contributed by atoms with Gasteiger partial charge >= 0.3 is 0 Å². The second-order valence-electron chi connectivity index (χ2n) is 13.9. The lowest BCUT2D eigenvalue weighted by Crippen LogP contribution is -2.24. The maximum atomic E-state index is 8.93. The molecule has 2 aliphatic rings. The van der Waals surface area contributed by atoms with E-state index in [4.69, 9.17) is 24.6 Å². The molecule has 0 aliphatic carbocycles. The molecule has 49 heavy (non-hydrogen) atoms. The molecular weight excluding hydrogens is 597 g/mol. The highest BCUT2D eigenvalue weighted by atomic mass is 16.5. The molecule has 0 amide bonds. The fraction of sp³-hybridized carbons (Fsp3) is 0.234. The molecule has 0 bridgehead atoms. The van der Waals surface area contributed by atoms with Crippen molar-refractivity contribution in [2.75, 3.05) is 0 Å². The summed E-state index contributed by atoms with van der Waals surface area (Å²) < 4.78 is 109. The van der Waals surface area contributed by atoms with Gasteiger partial charge in [-0.15, -0.1) is 0 Å². The van der Waals surface area contributed by atoms with Crippen molar-refractivity contribution in [3.05, 3.63) is 154 Å². The summed E-state index contributed by atoms with van der Waals surface area (Å²) >= 11 is 0. The van der Waals surface area contributed by atoms with Crippen LogP contribution in [0, 0.1) is 20.6 Å². The molecule has 6 aromatic rings. The van der Waals surface area contributed by atoms with Gasteiger partial charge in [0.2, 0.25) is 0 Å². The molecule has 0 saturated carbocycles. The Morgan fingerprint density at radius 1 is 0.531 bits per heavy atom. The molecule has 0 spiro atoms. The van der Waals surface area contributed by atoms with Gasteiger partial charge in [0.15, 0.2) is 0 Å². The van der Waals surface area contributed by atoms with E-state index in [0.29, 0.717) is 45.3 Å². The maximum Gasteiger partial charge on any atom is 0.139 e. The number of para-hydroxylation sites is 2. The van der Waals surface area contributed by atoms with Crippen LogP contribution in [0.4, 0.5) is 0 Å². The third kappa shape index (κ3) is 4.76. The first-order chi connectivity index (χ1) is 27.8. The average molecular weight is 652 g/mol. The Balaban J connectivity index is 1.44. The van der Waals surface area contributed by atoms with Crippen LogP contribution in [0.3, 0.4) is 0 Å². The fourth-order valence-electron chi connectivity index (χ4n) is 7.64. The number of hydrogen-bond acceptors (Lipinski definition) is 2. The van der Waals surface area contributed by atoms with E-state index in [1.165, 1.54) is 19.1 Å². The standard InChI is InChI=1S/C47H44O2/c1-9-31-23-25-39-45(49-41-17-13-11-15-37(41)47(39,7)8)43(31)33-22-19-29(3)35(27-33)34-26-32(21-18-28(34)2)42-30(4)20-24-38-44(42)48-40-16-12-10-14-36(40)46(38,5)6/h10-27H,9H2,1-8H3/i2D3,3D3,4D3,9D2. The molecule has 2 heterocycles. The monoisotopic (exact) mass is 651 g/mol. The second-order valence-corrected chi connectivity index (χ2v) is 13.9. The minimum Gasteiger partial charge on any atom is -0.456 e. The quantitative estimate of drug-likeness (QED) is 0.189. The van der Waals surface area contributed by atoms with E-state index in [2.05, 4.69) is 13.8 Å². The van der Waals surface area contributed by atoms with Crippen LogP contribution in [0.5, 0.6) is 23.0 Å². The Bertz CT molecular complexity index is 2530. The molecule has 0 fully saturated rings. The van der Waals surface area contributed by atoms with Crippen molar-refractivity contribution in [2.24, 2.45) is 0 Å². The van der Waals surface area contributed by atoms with Crippen molar-refractivity contribution in [1.29, 1.82) is 0 Å². The van der Waals surface area contributed by atoms with E-state index >= 15 is 0 Å². The predicted molar refractivity (Wildman–Crippen MR) is 204 cm³/mol. The van der Waals surface area contributed by atoms with Crippen LogP contribution in [0.1, 0.15) is 94.2 Å². The smallest absolute Gasteiger partial charge is 0.139 e. The van der Waals surface area contributed by atoms with Crippen LogP contribution >= 0.6 is 0 Å². The predicted octanol–water partition coefficient (Wildman–Crippen LogP) is 13.0. The van der Waals surface area contributed by atoms with Gasteiger partial charge in [0.05, 0.1) is 0 Å². The first-order valence-corrected chi connectivity index (χ1v) is 16.5. The summed E-state index contributed by atoms with van der Waals surface area (Å²) in [6, 6.07) is 31.2. The van der Waals surface area contributed by atoms with Crippen LogP contribution in [0.15, 0.2) is 109 Å². The van der Waals surface area contributed by atoms with Crippen LogP contribution < -0.4 is 9.47 Å². The van der Waals surface area contributed by atoms with Gasteiger partial charge in [-0.1, -0.05) is 120 Å². The molecule has 2 aliphatic heterocycles. The first kappa shape index (κ1) is 21.1. The lowest BCUT2D eigenvalue weighted by Gasteiger charge is -2.36. The molecule has 244 valence electrons. The topological polar surface area (TPSA) is 18.5 Å². The normalized spacial score (nSPS) is 19.2. The molecule has 2 heteroatoms. The fourth-order valence-corrected chi connectivity index (χ4v) is 7.64. The summed E-state index contributed by atoms with van der Waals surface area (Å²) in [6.45, 7) is 1.56. The van der Waals surface area contributed by atoms with Gasteiger partial charge < -0.3 is 9.47 Å². The average Bonchev–Trinajstić information content (AvgIpc) is 3.15. The Hall–Kier alpha value is -5.08. The highest BCUT2D eigenvalue weighted by molar-refractivity contribution is 5.87. The van der Waals surface area contributed by atoms with Crippen molar-refractivity contribution in [3.63, 3.8) is 0 Å². The number of ether oxygens (including phenoxy) is 2. The van der Waals surface area contributed by atoms with Crippen LogP contribution in [0.25, 0.3) is 33.4 Å². The molecule has 0 aromatic heterocycles. The molecule has 0 N–H and O–H groups in total. The first-order valence-electron chi connectivity index (χ1n) is 22.0. The van der Waals surface area contributed by atoms with Crippen molar-refractivity contribution in [2.45, 2.75) is 72.4 Å². The van der Waals surface area contributed by atoms with E-state index in [0.717, 1.165) is 22.3 Å². The highest BCUT2D eigenvalue weighted by Gasteiger charge is 2.37. The van der Waals surface area contributed by atoms with Gasteiger partial charge in [-0.05, 0) is 95.7 Å². The van der Waals surface area contributed by atoms with Crippen molar-refractivity contribution >= 4 is 0 Å². The summed E-state index contributed by atoms with van der Waals surface area (Å²) in [7, 11) is 0. The van der Waals surface area contributed by atoms with Gasteiger partial charge in [0, 0.05) is 59.3 Å². The van der Waals surface area contributed by atoms with E-state index in [1.807, 2.05) is 68.4 Å². The highest BCUT2D eigenvalue weighted by Crippen LogP contribution is 2.54. The van der Waals surface area contributed by atoms with Crippen LogP contribution in [-0.2, 0) is 17.2 Å². The summed E-state index contributed by atoms with van der Waals surface area (Å²) in [5.74, 6) is 1.89. The maximum absolute atomic E-state index is 8.93. The lowest BCUT2D eigenvalue weighted by atomic mass is 9.74. The molecule has 8 rings (SSSR count). The molecule has 6 aromatic carbocycles. The summed E-state index contributed by atoms with van der Waals surface area (Å²) in [5.41, 5.74) is 3.74. The number of hydrogen-bond donors (Lipinski definition) is 0. The number of benzene rings is 6. The third-order valence-corrected chi connectivity index (χ3v) is 10.4. The zero-order valence-corrected chi connectivity index (χ0v) is 28.2. The van der Waals surface area contributed by atoms with Gasteiger partial charge in [-0.2, -0.15) is 0 Å². The summed E-state index contributed by atoms with van der Waals surface area (Å²) in [6.07, 6.45) is -1.88. The van der Waals surface area contributed by atoms with Gasteiger partial charge in [-0.3, -0.25) is 0 Å². The van der Waals surface area contributed by atoms with Crippen LogP contribution in [-0.4, -0.2) is 0 Å². The second kappa shape index (κ2) is 11.2. The summed E-state index contributed by atoms with van der Waals surface area (Å²) in [5, 5.41) is 0. The minimum atomic E-state index is -2.73. The molecule has 0 radical (unpaired) electrons. The molecule has 0 saturated heterocycles. The molecule has 2 nitrogen and oxygen atoms in total. The third-order valence-electron chi connectivity index (χ3n) is 10.4. The zero-order chi connectivity index (χ0) is 43.5. The van der Waals surface area contributed by atoms with E-state index in [9.17, 15) is 0 Å².